The fourth-order valence-electron chi connectivity index (χ4n) is 1.90. The summed E-state index contributed by atoms with van der Waals surface area (Å²) in [6, 6.07) is 7.59. The molecule has 0 spiro atoms. The van der Waals surface area contributed by atoms with Crippen LogP contribution in [0.15, 0.2) is 47.9 Å². The zero-order valence-corrected chi connectivity index (χ0v) is 12.6. The third-order valence-corrected chi connectivity index (χ3v) is 4.84. The number of aryl methyl sites for hydroxylation is 1. The summed E-state index contributed by atoms with van der Waals surface area (Å²) in [5, 5.41) is 0. The maximum Gasteiger partial charge on any atom is 0.259 e. The van der Waals surface area contributed by atoms with Crippen LogP contribution in [0, 0.1) is 0 Å². The van der Waals surface area contributed by atoms with Gasteiger partial charge < -0.3 is 0 Å². The summed E-state index contributed by atoms with van der Waals surface area (Å²) in [4.78, 5) is 0.288. The second kappa shape index (κ2) is 6.57. The highest BCUT2D eigenvalue weighted by atomic mass is 32.2. The van der Waals surface area contributed by atoms with E-state index in [0.29, 0.717) is 0 Å². The molecule has 3 nitrogen and oxygen atoms in total. The lowest BCUT2D eigenvalue weighted by Crippen LogP contribution is -2.27. The minimum atomic E-state index is -3.47. The molecule has 1 aromatic rings. The van der Waals surface area contributed by atoms with Gasteiger partial charge in [0.15, 0.2) is 0 Å². The van der Waals surface area contributed by atoms with Crippen molar-refractivity contribution in [1.29, 1.82) is 0 Å². The van der Waals surface area contributed by atoms with Gasteiger partial charge in [0.1, 0.15) is 0 Å². The third-order valence-electron chi connectivity index (χ3n) is 2.97. The molecule has 0 heterocycles. The van der Waals surface area contributed by atoms with Gasteiger partial charge in [-0.2, -0.15) is 0 Å². The number of allylic oxidation sites excluding steroid dienone is 3. The van der Waals surface area contributed by atoms with Crippen molar-refractivity contribution in [2.75, 3.05) is 11.4 Å². The second-order valence-corrected chi connectivity index (χ2v) is 6.51. The molecule has 0 amide bonds. The Morgan fingerprint density at radius 1 is 1.37 bits per heavy atom. The van der Waals surface area contributed by atoms with E-state index in [2.05, 4.69) is 13.5 Å². The molecule has 4 heteroatoms. The molecule has 0 saturated heterocycles. The van der Waals surface area contributed by atoms with Crippen LogP contribution in [0.25, 0.3) is 0 Å². The van der Waals surface area contributed by atoms with Crippen LogP contribution in [0.5, 0.6) is 0 Å². The van der Waals surface area contributed by atoms with Crippen LogP contribution in [-0.4, -0.2) is 15.5 Å². The van der Waals surface area contributed by atoms with Crippen molar-refractivity contribution < 1.29 is 8.42 Å². The van der Waals surface area contributed by atoms with Gasteiger partial charge in [0, 0.05) is 7.05 Å². The molecule has 0 aliphatic carbocycles. The summed E-state index contributed by atoms with van der Waals surface area (Å²) in [6.07, 6.45) is 4.83. The van der Waals surface area contributed by atoms with E-state index in [1.165, 1.54) is 16.5 Å². The Balaban J connectivity index is 3.24. The molecule has 0 saturated carbocycles. The van der Waals surface area contributed by atoms with Crippen molar-refractivity contribution in [3.63, 3.8) is 0 Å². The zero-order valence-electron chi connectivity index (χ0n) is 11.8. The van der Waals surface area contributed by atoms with E-state index in [1.54, 1.807) is 14.0 Å². The molecule has 0 atom stereocenters. The van der Waals surface area contributed by atoms with Crippen molar-refractivity contribution in [3.8, 4) is 0 Å². The topological polar surface area (TPSA) is 37.4 Å². The number of para-hydroxylation sites is 1. The van der Waals surface area contributed by atoms with Crippen molar-refractivity contribution >= 4 is 15.7 Å². The van der Waals surface area contributed by atoms with Crippen LogP contribution in [-0.2, 0) is 16.4 Å². The van der Waals surface area contributed by atoms with Crippen LogP contribution >= 0.6 is 0 Å². The minimum absolute atomic E-state index is 0.288. The Morgan fingerprint density at radius 3 is 2.58 bits per heavy atom. The lowest BCUT2D eigenvalue weighted by Gasteiger charge is -2.22. The van der Waals surface area contributed by atoms with Crippen LogP contribution in [0.3, 0.4) is 0 Å². The van der Waals surface area contributed by atoms with Crippen molar-refractivity contribution in [2.24, 2.45) is 0 Å². The maximum absolute atomic E-state index is 12.4. The van der Waals surface area contributed by atoms with Gasteiger partial charge in [0.25, 0.3) is 10.0 Å². The van der Waals surface area contributed by atoms with E-state index in [4.69, 9.17) is 0 Å². The van der Waals surface area contributed by atoms with Crippen molar-refractivity contribution in [1.82, 2.24) is 0 Å². The summed E-state index contributed by atoms with van der Waals surface area (Å²) < 4.78 is 26.1. The molecule has 0 fully saturated rings. The van der Waals surface area contributed by atoms with Gasteiger partial charge in [-0.25, -0.2) is 8.42 Å². The summed E-state index contributed by atoms with van der Waals surface area (Å²) in [6.45, 7) is 7.19. The first-order valence-electron chi connectivity index (χ1n) is 6.31. The number of anilines is 1. The largest absolute Gasteiger partial charge is 0.269 e. The first kappa shape index (κ1) is 15.5. The molecule has 1 rings (SSSR count). The predicted molar refractivity (Wildman–Crippen MR) is 81.7 cm³/mol. The standard InChI is InChI=1S/C15H21NO2S/c1-5-9-13(3)19(17,18)16(4)15-12-8-7-11-14(15)10-6-2/h5,7-9,11-12H,1,6,10H2,2-4H3. The molecular formula is C15H21NO2S. The molecule has 1 aromatic carbocycles. The Morgan fingerprint density at radius 2 is 2.00 bits per heavy atom. The average molecular weight is 279 g/mol. The second-order valence-electron chi connectivity index (χ2n) is 4.36. The van der Waals surface area contributed by atoms with E-state index >= 15 is 0 Å². The first-order valence-corrected chi connectivity index (χ1v) is 7.75. The molecule has 0 radical (unpaired) electrons. The number of hydrogen-bond acceptors (Lipinski definition) is 2. The Bertz CT molecular complexity index is 574. The molecule has 19 heavy (non-hydrogen) atoms. The van der Waals surface area contributed by atoms with Gasteiger partial charge in [-0.3, -0.25) is 4.31 Å². The van der Waals surface area contributed by atoms with Crippen LogP contribution in [0.4, 0.5) is 5.69 Å². The van der Waals surface area contributed by atoms with E-state index in [-0.39, 0.29) is 4.91 Å². The monoisotopic (exact) mass is 279 g/mol. The molecule has 0 aliphatic heterocycles. The van der Waals surface area contributed by atoms with Crippen LogP contribution in [0.2, 0.25) is 0 Å². The number of benzene rings is 1. The fraction of sp³-hybridized carbons (Fsp3) is 0.333. The number of sulfonamides is 1. The lowest BCUT2D eigenvalue weighted by molar-refractivity contribution is 0.600. The zero-order chi connectivity index (χ0) is 14.5. The summed E-state index contributed by atoms with van der Waals surface area (Å²) >= 11 is 0. The number of rotatable bonds is 6. The smallest absolute Gasteiger partial charge is 0.259 e. The first-order chi connectivity index (χ1) is 8.95. The van der Waals surface area contributed by atoms with Crippen LogP contribution < -0.4 is 4.31 Å². The molecule has 0 unspecified atom stereocenters. The number of hydrogen-bond donors (Lipinski definition) is 0. The summed E-state index contributed by atoms with van der Waals surface area (Å²) in [5.74, 6) is 0. The van der Waals surface area contributed by atoms with Gasteiger partial charge in [0.05, 0.1) is 10.6 Å². The lowest BCUT2D eigenvalue weighted by atomic mass is 10.1. The SMILES string of the molecule is C=CC=C(C)S(=O)(=O)N(C)c1ccccc1CCC. The van der Waals surface area contributed by atoms with Gasteiger partial charge in [0.2, 0.25) is 0 Å². The Kier molecular flexibility index (Phi) is 5.36. The quantitative estimate of drug-likeness (QED) is 0.747. The third kappa shape index (κ3) is 3.47. The molecule has 0 N–H and O–H groups in total. The van der Waals surface area contributed by atoms with E-state index in [9.17, 15) is 8.42 Å². The van der Waals surface area contributed by atoms with Crippen molar-refractivity contribution in [3.05, 3.63) is 53.5 Å². The highest BCUT2D eigenvalue weighted by molar-refractivity contribution is 7.96. The Labute approximate surface area is 116 Å². The van der Waals surface area contributed by atoms with Gasteiger partial charge in [-0.1, -0.05) is 44.2 Å². The minimum Gasteiger partial charge on any atom is -0.269 e. The molecule has 0 aromatic heterocycles. The van der Waals surface area contributed by atoms with Gasteiger partial charge >= 0.3 is 0 Å². The molecule has 104 valence electrons. The fourth-order valence-corrected chi connectivity index (χ4v) is 3.03. The highest BCUT2D eigenvalue weighted by Gasteiger charge is 2.21. The molecule has 0 aliphatic rings. The normalized spacial score (nSPS) is 12.3. The van der Waals surface area contributed by atoms with E-state index in [0.717, 1.165) is 24.1 Å². The molecular weight excluding hydrogens is 258 g/mol. The summed E-state index contributed by atoms with van der Waals surface area (Å²) in [7, 11) is -1.88. The van der Waals surface area contributed by atoms with Crippen LogP contribution in [0.1, 0.15) is 25.8 Å². The predicted octanol–water partition coefficient (Wildman–Crippen LogP) is 3.49. The highest BCUT2D eigenvalue weighted by Crippen LogP contribution is 2.25. The van der Waals surface area contributed by atoms with E-state index < -0.39 is 10.0 Å². The van der Waals surface area contributed by atoms with Gasteiger partial charge in [-0.05, 0) is 31.1 Å². The number of nitrogens with zero attached hydrogens (tertiary/aromatic N) is 1. The molecule has 0 bridgehead atoms. The van der Waals surface area contributed by atoms with E-state index in [1.807, 2.05) is 24.3 Å². The maximum atomic E-state index is 12.4. The van der Waals surface area contributed by atoms with Crippen molar-refractivity contribution in [2.45, 2.75) is 26.7 Å². The summed E-state index contributed by atoms with van der Waals surface area (Å²) in [5.41, 5.74) is 1.78. The average Bonchev–Trinajstić information content (AvgIpc) is 2.39. The Hall–Kier alpha value is -1.55. The van der Waals surface area contributed by atoms with Gasteiger partial charge in [-0.15, -0.1) is 0 Å².